The molecule has 0 saturated heterocycles. The molecule has 0 spiro atoms. The summed E-state index contributed by atoms with van der Waals surface area (Å²) in [7, 11) is 0. The molecule has 0 fully saturated rings. The summed E-state index contributed by atoms with van der Waals surface area (Å²) in [6.07, 6.45) is -0.898. The van der Waals surface area contributed by atoms with Crippen molar-refractivity contribution in [3.8, 4) is 0 Å². The van der Waals surface area contributed by atoms with E-state index >= 15 is 0 Å². The van der Waals surface area contributed by atoms with E-state index < -0.39 is 66.1 Å². The van der Waals surface area contributed by atoms with Crippen LogP contribution in [0.3, 0.4) is 0 Å². The molecule has 10 N–H and O–H groups in total. The summed E-state index contributed by atoms with van der Waals surface area (Å²) >= 11 is 0. The van der Waals surface area contributed by atoms with E-state index in [1.54, 1.807) is 30.3 Å². The normalized spacial score (nSPS) is 14.1. The van der Waals surface area contributed by atoms with Crippen LogP contribution in [0.4, 0.5) is 0 Å². The van der Waals surface area contributed by atoms with E-state index in [0.717, 1.165) is 0 Å². The van der Waals surface area contributed by atoms with Crippen molar-refractivity contribution in [3.05, 3.63) is 35.9 Å². The van der Waals surface area contributed by atoms with Crippen LogP contribution in [0, 0.1) is 0 Å². The monoisotopic (exact) mass is 478 g/mol. The second-order valence-electron chi connectivity index (χ2n) is 7.66. The molecule has 0 radical (unpaired) electrons. The first-order valence-corrected chi connectivity index (χ1v) is 10.4. The number of nitrogens with two attached hydrogens (primary N) is 3. The quantitative estimate of drug-likeness (QED) is 0.148. The van der Waals surface area contributed by atoms with E-state index in [0.29, 0.717) is 5.56 Å². The number of carbonyl (C=O) groups is 6. The fourth-order valence-corrected chi connectivity index (χ4v) is 2.85. The highest BCUT2D eigenvalue weighted by Crippen LogP contribution is 2.06. The molecule has 0 bridgehead atoms. The van der Waals surface area contributed by atoms with Gasteiger partial charge in [0, 0.05) is 12.8 Å². The smallest absolute Gasteiger partial charge is 0.325 e. The number of carboxylic acid groups (broad SMARTS) is 1. The average Bonchev–Trinajstić information content (AvgIpc) is 2.75. The van der Waals surface area contributed by atoms with Gasteiger partial charge < -0.3 is 38.3 Å². The Morgan fingerprint density at radius 1 is 0.853 bits per heavy atom. The van der Waals surface area contributed by atoms with E-state index in [9.17, 15) is 28.8 Å². The van der Waals surface area contributed by atoms with Gasteiger partial charge in [-0.15, -0.1) is 0 Å². The summed E-state index contributed by atoms with van der Waals surface area (Å²) in [5.41, 5.74) is 16.5. The Kier molecular flexibility index (Phi) is 11.2. The summed E-state index contributed by atoms with van der Waals surface area (Å²) in [4.78, 5) is 71.3. The predicted octanol–water partition coefficient (Wildman–Crippen LogP) is -2.74. The molecule has 0 heterocycles. The standard InChI is InChI=1S/C21H30N6O7/c1-11(21(33)34)25-19(31)14(7-8-16(23)28)26-20(32)15(9-12-5-3-2-4-6-12)27-18(30)13(22)10-17(24)29/h2-6,11,13-15H,7-10,22H2,1H3,(H2,23,28)(H2,24,29)(H,25,31)(H,26,32)(H,27,30)(H,33,34). The molecule has 1 aromatic rings. The summed E-state index contributed by atoms with van der Waals surface area (Å²) in [6, 6.07) is 3.55. The Balaban J connectivity index is 3.08. The van der Waals surface area contributed by atoms with E-state index in [1.807, 2.05) is 0 Å². The lowest BCUT2D eigenvalue weighted by molar-refractivity contribution is -0.142. The van der Waals surface area contributed by atoms with Crippen molar-refractivity contribution >= 4 is 35.5 Å². The van der Waals surface area contributed by atoms with Crippen LogP contribution in [0.5, 0.6) is 0 Å². The maximum absolute atomic E-state index is 13.0. The first-order valence-electron chi connectivity index (χ1n) is 10.4. The highest BCUT2D eigenvalue weighted by atomic mass is 16.4. The van der Waals surface area contributed by atoms with Gasteiger partial charge in [0.25, 0.3) is 0 Å². The number of hydrogen-bond donors (Lipinski definition) is 7. The predicted molar refractivity (Wildman–Crippen MR) is 119 cm³/mol. The molecule has 13 heteroatoms. The number of amides is 5. The Hall–Kier alpha value is -4.00. The molecule has 13 nitrogen and oxygen atoms in total. The average molecular weight is 479 g/mol. The third-order valence-electron chi connectivity index (χ3n) is 4.72. The Morgan fingerprint density at radius 3 is 1.94 bits per heavy atom. The third-order valence-corrected chi connectivity index (χ3v) is 4.72. The Morgan fingerprint density at radius 2 is 1.41 bits per heavy atom. The van der Waals surface area contributed by atoms with Gasteiger partial charge in [-0.2, -0.15) is 0 Å². The molecule has 5 amide bonds. The number of aliphatic carboxylic acids is 1. The van der Waals surface area contributed by atoms with Crippen LogP contribution < -0.4 is 33.2 Å². The molecule has 0 aromatic heterocycles. The SMILES string of the molecule is CC(NC(=O)C(CCC(N)=O)NC(=O)C(Cc1ccccc1)NC(=O)C(N)CC(N)=O)C(=O)O. The molecule has 0 aliphatic carbocycles. The van der Waals surface area contributed by atoms with Gasteiger partial charge in [-0.25, -0.2) is 0 Å². The fourth-order valence-electron chi connectivity index (χ4n) is 2.85. The van der Waals surface area contributed by atoms with Crippen LogP contribution in [0.15, 0.2) is 30.3 Å². The molecule has 0 saturated carbocycles. The van der Waals surface area contributed by atoms with Crippen LogP contribution in [-0.4, -0.2) is 64.8 Å². The van der Waals surface area contributed by atoms with Crippen LogP contribution in [-0.2, 0) is 35.2 Å². The minimum atomic E-state index is -1.31. The second-order valence-corrected chi connectivity index (χ2v) is 7.66. The molecule has 1 rings (SSSR count). The van der Waals surface area contributed by atoms with Crippen molar-refractivity contribution in [2.45, 2.75) is 56.8 Å². The molecule has 186 valence electrons. The van der Waals surface area contributed by atoms with Gasteiger partial charge in [-0.1, -0.05) is 30.3 Å². The zero-order valence-electron chi connectivity index (χ0n) is 18.7. The number of rotatable bonds is 14. The summed E-state index contributed by atoms with van der Waals surface area (Å²) in [5.74, 6) is -5.29. The molecule has 0 aliphatic rings. The molecule has 34 heavy (non-hydrogen) atoms. The lowest BCUT2D eigenvalue weighted by atomic mass is 10.0. The summed E-state index contributed by atoms with van der Waals surface area (Å²) < 4.78 is 0. The topological polar surface area (TPSA) is 237 Å². The van der Waals surface area contributed by atoms with Gasteiger partial charge in [0.2, 0.25) is 29.5 Å². The van der Waals surface area contributed by atoms with Crippen molar-refractivity contribution in [2.24, 2.45) is 17.2 Å². The zero-order valence-corrected chi connectivity index (χ0v) is 18.7. The van der Waals surface area contributed by atoms with Gasteiger partial charge >= 0.3 is 5.97 Å². The summed E-state index contributed by atoms with van der Waals surface area (Å²) in [5, 5.41) is 16.1. The number of primary amides is 2. The van der Waals surface area contributed by atoms with Gasteiger partial charge in [0.15, 0.2) is 0 Å². The molecular weight excluding hydrogens is 448 g/mol. The molecule has 4 unspecified atom stereocenters. The third kappa shape index (κ3) is 10.1. The first kappa shape index (κ1) is 28.0. The number of nitrogens with one attached hydrogen (secondary N) is 3. The number of benzene rings is 1. The van der Waals surface area contributed by atoms with Crippen molar-refractivity contribution in [2.75, 3.05) is 0 Å². The largest absolute Gasteiger partial charge is 0.480 e. The van der Waals surface area contributed by atoms with Crippen LogP contribution >= 0.6 is 0 Å². The van der Waals surface area contributed by atoms with Crippen LogP contribution in [0.1, 0.15) is 31.7 Å². The Bertz CT molecular complexity index is 908. The first-order chi connectivity index (χ1) is 15.9. The second kappa shape index (κ2) is 13.5. The lowest BCUT2D eigenvalue weighted by Gasteiger charge is -2.24. The van der Waals surface area contributed by atoms with E-state index in [-0.39, 0.29) is 19.3 Å². The van der Waals surface area contributed by atoms with Gasteiger partial charge in [0.1, 0.15) is 18.1 Å². The molecule has 4 atom stereocenters. The number of carboxylic acids is 1. The highest BCUT2D eigenvalue weighted by molar-refractivity contribution is 5.95. The van der Waals surface area contributed by atoms with Gasteiger partial charge in [-0.05, 0) is 18.9 Å². The van der Waals surface area contributed by atoms with Crippen molar-refractivity contribution in [1.82, 2.24) is 16.0 Å². The van der Waals surface area contributed by atoms with E-state index in [2.05, 4.69) is 16.0 Å². The van der Waals surface area contributed by atoms with Crippen molar-refractivity contribution in [1.29, 1.82) is 0 Å². The van der Waals surface area contributed by atoms with Crippen LogP contribution in [0.25, 0.3) is 0 Å². The Labute approximate surface area is 195 Å². The molecule has 0 aliphatic heterocycles. The minimum Gasteiger partial charge on any atom is -0.480 e. The van der Waals surface area contributed by atoms with Gasteiger partial charge in [-0.3, -0.25) is 28.8 Å². The lowest BCUT2D eigenvalue weighted by Crippen LogP contribution is -2.57. The maximum Gasteiger partial charge on any atom is 0.325 e. The number of hydrogen-bond acceptors (Lipinski definition) is 7. The maximum atomic E-state index is 13.0. The zero-order chi connectivity index (χ0) is 25.8. The molecular formula is C21H30N6O7. The minimum absolute atomic E-state index is 0.0113. The highest BCUT2D eigenvalue weighted by Gasteiger charge is 2.30. The molecule has 1 aromatic carbocycles. The van der Waals surface area contributed by atoms with Crippen molar-refractivity contribution in [3.63, 3.8) is 0 Å². The summed E-state index contributed by atoms with van der Waals surface area (Å²) in [6.45, 7) is 1.23. The number of carbonyl (C=O) groups excluding carboxylic acids is 5. The van der Waals surface area contributed by atoms with Gasteiger partial charge in [0.05, 0.1) is 12.5 Å². The van der Waals surface area contributed by atoms with E-state index in [4.69, 9.17) is 22.3 Å². The van der Waals surface area contributed by atoms with Crippen molar-refractivity contribution < 1.29 is 33.9 Å². The van der Waals surface area contributed by atoms with E-state index in [1.165, 1.54) is 6.92 Å². The fraction of sp³-hybridized carbons (Fsp3) is 0.429. The van der Waals surface area contributed by atoms with Crippen LogP contribution in [0.2, 0.25) is 0 Å².